The number of hydrogen-bond donors (Lipinski definition) is 0. The van der Waals surface area contributed by atoms with Gasteiger partial charge in [0.25, 0.3) is 0 Å². The van der Waals surface area contributed by atoms with Crippen LogP contribution in [0.3, 0.4) is 0 Å². The molecule has 1 amide bonds. The summed E-state index contributed by atoms with van der Waals surface area (Å²) in [6, 6.07) is 10.3. The van der Waals surface area contributed by atoms with Crippen LogP contribution in [0.15, 0.2) is 30.3 Å². The molecule has 0 saturated carbocycles. The summed E-state index contributed by atoms with van der Waals surface area (Å²) in [5.41, 5.74) is 1.14. The van der Waals surface area contributed by atoms with Crippen molar-refractivity contribution in [2.24, 2.45) is 5.92 Å². The Bertz CT molecular complexity index is 418. The highest BCUT2D eigenvalue weighted by Gasteiger charge is 2.31. The van der Waals surface area contributed by atoms with Crippen LogP contribution >= 0.6 is 0 Å². The summed E-state index contributed by atoms with van der Waals surface area (Å²) in [6.07, 6.45) is 5.46. The van der Waals surface area contributed by atoms with Gasteiger partial charge in [0.05, 0.1) is 5.69 Å². The number of carbonyl (C=O) groups excluding carboxylic acids is 1. The molecule has 2 heterocycles. The zero-order valence-electron chi connectivity index (χ0n) is 10.7. The molecular weight excluding hydrogens is 224 g/mol. The van der Waals surface area contributed by atoms with Crippen molar-refractivity contribution >= 4 is 11.6 Å². The van der Waals surface area contributed by atoms with E-state index in [9.17, 15) is 4.79 Å². The zero-order valence-corrected chi connectivity index (χ0v) is 10.7. The summed E-state index contributed by atoms with van der Waals surface area (Å²) in [4.78, 5) is 12.2. The molecule has 2 aliphatic rings. The molecule has 0 unspecified atom stereocenters. The molecule has 96 valence electrons. The van der Waals surface area contributed by atoms with Crippen molar-refractivity contribution in [3.63, 3.8) is 0 Å². The summed E-state index contributed by atoms with van der Waals surface area (Å²) in [6.45, 7) is 1.88. The lowest BCUT2D eigenvalue weighted by molar-refractivity contribution is -0.134. The first kappa shape index (κ1) is 11.6. The predicted molar refractivity (Wildman–Crippen MR) is 72.1 cm³/mol. The quantitative estimate of drug-likeness (QED) is 0.758. The van der Waals surface area contributed by atoms with Gasteiger partial charge in [0.1, 0.15) is 0 Å². The second kappa shape index (κ2) is 5.01. The first-order valence-corrected chi connectivity index (χ1v) is 6.97. The maximum Gasteiger partial charge on any atom is 0.241 e. The highest BCUT2D eigenvalue weighted by atomic mass is 16.2. The number of anilines is 1. The van der Waals surface area contributed by atoms with Gasteiger partial charge in [0.2, 0.25) is 5.91 Å². The summed E-state index contributed by atoms with van der Waals surface area (Å²) in [5, 5.41) is 4.16. The number of benzene rings is 1. The molecule has 3 nitrogen and oxygen atoms in total. The monoisotopic (exact) mass is 244 g/mol. The van der Waals surface area contributed by atoms with Crippen LogP contribution in [0, 0.1) is 5.92 Å². The highest BCUT2D eigenvalue weighted by Crippen LogP contribution is 2.29. The van der Waals surface area contributed by atoms with Crippen LogP contribution in [0.2, 0.25) is 0 Å². The van der Waals surface area contributed by atoms with E-state index in [1.54, 1.807) is 0 Å². The van der Waals surface area contributed by atoms with Crippen molar-refractivity contribution in [1.29, 1.82) is 0 Å². The average molecular weight is 244 g/mol. The Hall–Kier alpha value is -1.51. The number of amides is 1. The lowest BCUT2D eigenvalue weighted by Gasteiger charge is -2.44. The van der Waals surface area contributed by atoms with Gasteiger partial charge in [-0.25, -0.2) is 0 Å². The minimum absolute atomic E-state index is 0.295. The van der Waals surface area contributed by atoms with E-state index in [1.165, 1.54) is 19.3 Å². The van der Waals surface area contributed by atoms with E-state index in [0.29, 0.717) is 18.2 Å². The molecule has 0 aromatic heterocycles. The molecule has 0 N–H and O–H groups in total. The minimum atomic E-state index is 0.295. The zero-order chi connectivity index (χ0) is 12.4. The lowest BCUT2D eigenvalue weighted by Crippen LogP contribution is -2.54. The maximum absolute atomic E-state index is 12.2. The molecule has 2 fully saturated rings. The van der Waals surface area contributed by atoms with Crippen LogP contribution in [0.25, 0.3) is 0 Å². The highest BCUT2D eigenvalue weighted by molar-refractivity contribution is 5.78. The van der Waals surface area contributed by atoms with Gasteiger partial charge in [-0.3, -0.25) is 14.8 Å². The predicted octanol–water partition coefficient (Wildman–Crippen LogP) is 2.83. The van der Waals surface area contributed by atoms with Gasteiger partial charge in [-0.1, -0.05) is 24.6 Å². The number of nitrogens with zero attached hydrogens (tertiary/aromatic N) is 2. The fourth-order valence-corrected chi connectivity index (χ4v) is 3.04. The molecule has 1 aromatic carbocycles. The normalized spacial score (nSPS) is 24.7. The van der Waals surface area contributed by atoms with Crippen LogP contribution in [0.5, 0.6) is 0 Å². The van der Waals surface area contributed by atoms with Gasteiger partial charge in [0.15, 0.2) is 0 Å². The second-order valence-corrected chi connectivity index (χ2v) is 5.34. The van der Waals surface area contributed by atoms with E-state index in [2.05, 4.69) is 17.1 Å². The van der Waals surface area contributed by atoms with Crippen LogP contribution in [-0.2, 0) is 4.79 Å². The van der Waals surface area contributed by atoms with Crippen LogP contribution in [0.1, 0.15) is 32.1 Å². The van der Waals surface area contributed by atoms with E-state index in [1.807, 2.05) is 23.2 Å². The van der Waals surface area contributed by atoms with Gasteiger partial charge in [-0.2, -0.15) is 0 Å². The molecule has 0 aliphatic carbocycles. The first-order chi connectivity index (χ1) is 8.84. The van der Waals surface area contributed by atoms with Crippen molar-refractivity contribution in [3.8, 4) is 0 Å². The van der Waals surface area contributed by atoms with E-state index < -0.39 is 0 Å². The largest absolute Gasteiger partial charge is 0.283 e. The number of para-hydroxylation sites is 1. The smallest absolute Gasteiger partial charge is 0.241 e. The van der Waals surface area contributed by atoms with E-state index in [4.69, 9.17) is 0 Å². The summed E-state index contributed by atoms with van der Waals surface area (Å²) < 4.78 is 0. The number of fused-ring (bicyclic) bond motifs is 2. The fraction of sp³-hybridized carbons (Fsp3) is 0.533. The van der Waals surface area contributed by atoms with Crippen molar-refractivity contribution < 1.29 is 4.79 Å². The fourth-order valence-electron chi connectivity index (χ4n) is 3.04. The molecule has 0 radical (unpaired) electrons. The van der Waals surface area contributed by atoms with Gasteiger partial charge >= 0.3 is 0 Å². The number of hydrazine groups is 1. The Morgan fingerprint density at radius 1 is 1.00 bits per heavy atom. The third-order valence-corrected chi connectivity index (χ3v) is 4.07. The van der Waals surface area contributed by atoms with Crippen LogP contribution in [-0.4, -0.2) is 24.0 Å². The molecule has 1 atom stereocenters. The van der Waals surface area contributed by atoms with Crippen molar-refractivity contribution in [2.45, 2.75) is 32.1 Å². The SMILES string of the molecule is O=C1CCCC[C@H]2CCN(c3ccccc3)N1C2. The third-order valence-electron chi connectivity index (χ3n) is 4.07. The van der Waals surface area contributed by atoms with Gasteiger partial charge in [-0.15, -0.1) is 0 Å². The van der Waals surface area contributed by atoms with Crippen molar-refractivity contribution in [2.75, 3.05) is 18.1 Å². The van der Waals surface area contributed by atoms with Gasteiger partial charge in [0, 0.05) is 19.5 Å². The van der Waals surface area contributed by atoms with E-state index in [0.717, 1.165) is 25.2 Å². The third kappa shape index (κ3) is 2.22. The summed E-state index contributed by atoms with van der Waals surface area (Å²) in [7, 11) is 0. The Kier molecular flexibility index (Phi) is 3.22. The number of rotatable bonds is 1. The molecule has 2 bridgehead atoms. The van der Waals surface area contributed by atoms with Gasteiger partial charge in [-0.05, 0) is 37.3 Å². The Morgan fingerprint density at radius 2 is 1.83 bits per heavy atom. The molecule has 2 saturated heterocycles. The molecule has 1 aromatic rings. The minimum Gasteiger partial charge on any atom is -0.283 e. The molecule has 3 heteroatoms. The van der Waals surface area contributed by atoms with Crippen LogP contribution < -0.4 is 5.01 Å². The van der Waals surface area contributed by atoms with E-state index in [-0.39, 0.29) is 0 Å². The molecule has 3 rings (SSSR count). The van der Waals surface area contributed by atoms with E-state index >= 15 is 0 Å². The van der Waals surface area contributed by atoms with Gasteiger partial charge < -0.3 is 0 Å². The average Bonchev–Trinajstić information content (AvgIpc) is 2.43. The standard InChI is InChI=1S/C15H20N2O/c18-15-9-5-4-6-13-10-11-16(17(15)12-13)14-7-2-1-3-8-14/h1-3,7-8,13H,4-6,9-12H2/t13-/m0/s1. The molecule has 18 heavy (non-hydrogen) atoms. The lowest BCUT2D eigenvalue weighted by atomic mass is 9.93. The Balaban J connectivity index is 1.85. The molecular formula is C15H20N2O. The summed E-state index contributed by atoms with van der Waals surface area (Å²) >= 11 is 0. The topological polar surface area (TPSA) is 23.6 Å². The Labute approximate surface area is 108 Å². The summed E-state index contributed by atoms with van der Waals surface area (Å²) in [5.74, 6) is 0.998. The van der Waals surface area contributed by atoms with Crippen LogP contribution in [0.4, 0.5) is 5.69 Å². The number of hydrogen-bond acceptors (Lipinski definition) is 2. The first-order valence-electron chi connectivity index (χ1n) is 6.97. The number of carbonyl (C=O) groups is 1. The van der Waals surface area contributed by atoms with Crippen molar-refractivity contribution in [1.82, 2.24) is 5.01 Å². The molecule has 2 aliphatic heterocycles. The Morgan fingerprint density at radius 3 is 2.67 bits per heavy atom. The maximum atomic E-state index is 12.2. The second-order valence-electron chi connectivity index (χ2n) is 5.34. The van der Waals surface area contributed by atoms with Crippen molar-refractivity contribution in [3.05, 3.63) is 30.3 Å². The molecule has 0 spiro atoms.